The van der Waals surface area contributed by atoms with Crippen LogP contribution < -0.4 is 11.5 Å². The Labute approximate surface area is 100 Å². The summed E-state index contributed by atoms with van der Waals surface area (Å²) in [6.45, 7) is 0. The Hall–Kier alpha value is -2.31. The van der Waals surface area contributed by atoms with Crippen molar-refractivity contribution in [2.24, 2.45) is 0 Å². The number of anilines is 2. The number of nitrogens with zero attached hydrogens (tertiary/aromatic N) is 2. The topological polar surface area (TPSA) is 77.8 Å². The lowest BCUT2D eigenvalue weighted by Crippen LogP contribution is -2.06. The molecule has 2 aromatic heterocycles. The molecule has 0 saturated heterocycles. The molecule has 2 aromatic rings. The van der Waals surface area contributed by atoms with Crippen molar-refractivity contribution in [3.05, 3.63) is 36.4 Å². The van der Waals surface area contributed by atoms with Gasteiger partial charge in [0.05, 0.1) is 23.1 Å². The highest BCUT2D eigenvalue weighted by Crippen LogP contribution is 2.33. The molecule has 2 heterocycles. The van der Waals surface area contributed by atoms with Crippen LogP contribution in [-0.4, -0.2) is 9.97 Å². The van der Waals surface area contributed by atoms with Crippen LogP contribution in [0.2, 0.25) is 0 Å². The van der Waals surface area contributed by atoms with Gasteiger partial charge in [0.1, 0.15) is 0 Å². The molecule has 0 aromatic carbocycles. The fourth-order valence-electron chi connectivity index (χ4n) is 1.46. The van der Waals surface area contributed by atoms with Gasteiger partial charge in [-0.05, 0) is 6.07 Å². The second-order valence-corrected chi connectivity index (χ2v) is 3.65. The molecule has 0 spiro atoms. The average Bonchev–Trinajstić information content (AvgIpc) is 2.32. The van der Waals surface area contributed by atoms with E-state index in [2.05, 4.69) is 9.97 Å². The smallest absolute Gasteiger partial charge is 0.396 e. The van der Waals surface area contributed by atoms with Gasteiger partial charge in [-0.25, -0.2) is 0 Å². The van der Waals surface area contributed by atoms with Crippen molar-refractivity contribution < 1.29 is 13.2 Å². The average molecular weight is 254 g/mol. The van der Waals surface area contributed by atoms with Gasteiger partial charge in [0.25, 0.3) is 0 Å². The number of rotatable bonds is 1. The number of halogens is 3. The minimum absolute atomic E-state index is 0.186. The molecular weight excluding hydrogens is 245 g/mol. The molecule has 0 atom stereocenters. The molecule has 94 valence electrons. The Morgan fingerprint density at radius 2 is 1.61 bits per heavy atom. The molecule has 7 heteroatoms. The zero-order chi connectivity index (χ0) is 13.3. The maximum absolute atomic E-state index is 12.6. The van der Waals surface area contributed by atoms with Crippen molar-refractivity contribution in [1.29, 1.82) is 0 Å². The quantitative estimate of drug-likeness (QED) is 0.818. The van der Waals surface area contributed by atoms with E-state index < -0.39 is 11.7 Å². The molecular formula is C11H9F3N4. The van der Waals surface area contributed by atoms with Gasteiger partial charge >= 0.3 is 6.18 Å². The Balaban J connectivity index is 2.55. The normalized spacial score (nSPS) is 11.5. The van der Waals surface area contributed by atoms with E-state index in [9.17, 15) is 13.2 Å². The first-order chi connectivity index (χ1) is 8.39. The number of nitrogens with two attached hydrogens (primary N) is 2. The van der Waals surface area contributed by atoms with Crippen molar-refractivity contribution in [3.8, 4) is 11.1 Å². The van der Waals surface area contributed by atoms with E-state index in [4.69, 9.17) is 11.5 Å². The highest BCUT2D eigenvalue weighted by Gasteiger charge is 2.31. The minimum atomic E-state index is -4.45. The SMILES string of the molecule is Nc1cncc(-c2cncc(C(F)(F)F)c2)c1N. The Bertz CT molecular complexity index is 581. The van der Waals surface area contributed by atoms with Gasteiger partial charge in [0.15, 0.2) is 0 Å². The zero-order valence-electron chi connectivity index (χ0n) is 9.07. The molecule has 0 fully saturated rings. The van der Waals surface area contributed by atoms with Gasteiger partial charge in [-0.2, -0.15) is 13.2 Å². The zero-order valence-corrected chi connectivity index (χ0v) is 9.07. The summed E-state index contributed by atoms with van der Waals surface area (Å²) in [6.07, 6.45) is 0.260. The van der Waals surface area contributed by atoms with Gasteiger partial charge in [0, 0.05) is 29.7 Å². The first-order valence-corrected chi connectivity index (χ1v) is 4.91. The highest BCUT2D eigenvalue weighted by atomic mass is 19.4. The lowest BCUT2D eigenvalue weighted by atomic mass is 10.1. The monoisotopic (exact) mass is 254 g/mol. The molecule has 0 saturated carbocycles. The first kappa shape index (κ1) is 12.2. The van der Waals surface area contributed by atoms with E-state index in [0.717, 1.165) is 12.3 Å². The maximum Gasteiger partial charge on any atom is 0.417 e. The molecule has 0 radical (unpaired) electrons. The van der Waals surface area contributed by atoms with Gasteiger partial charge in [-0.1, -0.05) is 0 Å². The third-order valence-corrected chi connectivity index (χ3v) is 2.40. The van der Waals surface area contributed by atoms with Crippen molar-refractivity contribution >= 4 is 11.4 Å². The predicted octanol–water partition coefficient (Wildman–Crippen LogP) is 2.33. The number of nitrogen functional groups attached to an aromatic ring is 2. The van der Waals surface area contributed by atoms with E-state index in [1.807, 2.05) is 0 Å². The fourth-order valence-corrected chi connectivity index (χ4v) is 1.46. The summed E-state index contributed by atoms with van der Waals surface area (Å²) >= 11 is 0. The predicted molar refractivity (Wildman–Crippen MR) is 61.3 cm³/mol. The molecule has 0 bridgehead atoms. The van der Waals surface area contributed by atoms with Crippen LogP contribution in [0.1, 0.15) is 5.56 Å². The lowest BCUT2D eigenvalue weighted by molar-refractivity contribution is -0.137. The van der Waals surface area contributed by atoms with Gasteiger partial charge in [-0.3, -0.25) is 9.97 Å². The molecule has 0 amide bonds. The number of pyridine rings is 2. The van der Waals surface area contributed by atoms with E-state index >= 15 is 0 Å². The second kappa shape index (κ2) is 4.17. The summed E-state index contributed by atoms with van der Waals surface area (Å²) in [5.74, 6) is 0. The maximum atomic E-state index is 12.6. The third kappa shape index (κ3) is 2.20. The summed E-state index contributed by atoms with van der Waals surface area (Å²) in [6, 6.07) is 0.958. The van der Waals surface area contributed by atoms with Crippen LogP contribution in [0, 0.1) is 0 Å². The molecule has 0 aliphatic rings. The second-order valence-electron chi connectivity index (χ2n) is 3.65. The van der Waals surface area contributed by atoms with Crippen molar-refractivity contribution in [1.82, 2.24) is 9.97 Å². The highest BCUT2D eigenvalue weighted by molar-refractivity contribution is 5.82. The molecule has 0 aliphatic heterocycles. The van der Waals surface area contributed by atoms with Crippen molar-refractivity contribution in [2.75, 3.05) is 11.5 Å². The van der Waals surface area contributed by atoms with Crippen LogP contribution in [0.3, 0.4) is 0 Å². The summed E-state index contributed by atoms with van der Waals surface area (Å²) in [4.78, 5) is 7.35. The van der Waals surface area contributed by atoms with Gasteiger partial charge in [0.2, 0.25) is 0 Å². The van der Waals surface area contributed by atoms with E-state index in [1.54, 1.807) is 0 Å². The fraction of sp³-hybridized carbons (Fsp3) is 0.0909. The van der Waals surface area contributed by atoms with Crippen LogP contribution in [0.5, 0.6) is 0 Å². The Kier molecular flexibility index (Phi) is 2.82. The molecule has 4 N–H and O–H groups in total. The van der Waals surface area contributed by atoms with Crippen LogP contribution >= 0.6 is 0 Å². The van der Waals surface area contributed by atoms with Gasteiger partial charge < -0.3 is 11.5 Å². The third-order valence-electron chi connectivity index (χ3n) is 2.40. The summed E-state index contributed by atoms with van der Waals surface area (Å²) in [5.41, 5.74) is 11.4. The largest absolute Gasteiger partial charge is 0.417 e. The van der Waals surface area contributed by atoms with Crippen molar-refractivity contribution in [3.63, 3.8) is 0 Å². The minimum Gasteiger partial charge on any atom is -0.396 e. The molecule has 0 aliphatic carbocycles. The molecule has 0 unspecified atom stereocenters. The van der Waals surface area contributed by atoms with Crippen LogP contribution in [0.25, 0.3) is 11.1 Å². The summed E-state index contributed by atoms with van der Waals surface area (Å²) in [7, 11) is 0. The number of aromatic nitrogens is 2. The Morgan fingerprint density at radius 3 is 2.28 bits per heavy atom. The van der Waals surface area contributed by atoms with Crippen molar-refractivity contribution in [2.45, 2.75) is 6.18 Å². The van der Waals surface area contributed by atoms with Crippen LogP contribution in [-0.2, 0) is 6.18 Å². The van der Waals surface area contributed by atoms with E-state index in [1.165, 1.54) is 18.6 Å². The lowest BCUT2D eigenvalue weighted by Gasteiger charge is -2.10. The summed E-state index contributed by atoms with van der Waals surface area (Å²) < 4.78 is 37.7. The van der Waals surface area contributed by atoms with E-state index in [-0.39, 0.29) is 16.9 Å². The Morgan fingerprint density at radius 1 is 0.944 bits per heavy atom. The molecule has 4 nitrogen and oxygen atoms in total. The standard InChI is InChI=1S/C11H9F3N4/c12-11(13,14)7-1-6(2-17-3-7)8-4-18-5-9(15)10(8)16/h1-5H,15H2,(H2,16,18). The first-order valence-electron chi connectivity index (χ1n) is 4.91. The summed E-state index contributed by atoms with van der Waals surface area (Å²) in [5, 5.41) is 0. The number of hydrogen-bond donors (Lipinski definition) is 2. The van der Waals surface area contributed by atoms with Crippen LogP contribution in [0.4, 0.5) is 24.5 Å². The molecule has 18 heavy (non-hydrogen) atoms. The van der Waals surface area contributed by atoms with Crippen LogP contribution in [0.15, 0.2) is 30.9 Å². The molecule has 2 rings (SSSR count). The number of hydrogen-bond acceptors (Lipinski definition) is 4. The van der Waals surface area contributed by atoms with E-state index in [0.29, 0.717) is 5.56 Å². The van der Waals surface area contributed by atoms with Gasteiger partial charge in [-0.15, -0.1) is 0 Å². The number of alkyl halides is 3.